The third-order valence-electron chi connectivity index (χ3n) is 3.29. The number of carbonyl (C=O) groups excluding carboxylic acids is 1. The highest BCUT2D eigenvalue weighted by Gasteiger charge is 2.15. The van der Waals surface area contributed by atoms with Gasteiger partial charge in [0.2, 0.25) is 5.91 Å². The summed E-state index contributed by atoms with van der Waals surface area (Å²) in [5, 5.41) is 15.2. The molecule has 0 spiro atoms. The number of hydrogen-bond acceptors (Lipinski definition) is 5. The number of aromatic nitrogens is 2. The zero-order chi connectivity index (χ0) is 17.7. The topological polar surface area (TPSA) is 111 Å². The number of rotatable bonds is 6. The van der Waals surface area contributed by atoms with Crippen LogP contribution in [0.3, 0.4) is 0 Å². The number of carboxylic acid groups (broad SMARTS) is 1. The third-order valence-corrected chi connectivity index (χ3v) is 3.29. The van der Waals surface area contributed by atoms with Crippen molar-refractivity contribution in [2.75, 3.05) is 7.11 Å². The smallest absolute Gasteiger partial charge is 0.325 e. The average molecular weight is 331 g/mol. The van der Waals surface area contributed by atoms with Gasteiger partial charge >= 0.3 is 5.97 Å². The number of aliphatic carboxylic acids is 1. The predicted molar refractivity (Wildman–Crippen MR) is 85.7 cm³/mol. The van der Waals surface area contributed by atoms with E-state index in [1.165, 1.54) is 13.0 Å². The highest BCUT2D eigenvalue weighted by Crippen LogP contribution is 2.19. The van der Waals surface area contributed by atoms with Crippen LogP contribution in [-0.2, 0) is 16.1 Å². The van der Waals surface area contributed by atoms with Gasteiger partial charge < -0.3 is 15.2 Å². The van der Waals surface area contributed by atoms with Crippen LogP contribution in [0.2, 0.25) is 0 Å². The van der Waals surface area contributed by atoms with Crippen molar-refractivity contribution in [3.63, 3.8) is 0 Å². The zero-order valence-electron chi connectivity index (χ0n) is 13.2. The molecule has 0 aliphatic heterocycles. The van der Waals surface area contributed by atoms with Gasteiger partial charge in [-0.05, 0) is 37.3 Å². The minimum absolute atomic E-state index is 0.361. The molecule has 1 aromatic heterocycles. The van der Waals surface area contributed by atoms with Crippen molar-refractivity contribution < 1.29 is 19.4 Å². The lowest BCUT2D eigenvalue weighted by Crippen LogP contribution is -2.41. The maximum Gasteiger partial charge on any atom is 0.325 e. The number of benzene rings is 1. The molecule has 0 saturated carbocycles. The number of methoxy groups -OCH3 is 1. The number of hydrogen-bond donors (Lipinski definition) is 2. The maximum absolute atomic E-state index is 11.8. The van der Waals surface area contributed by atoms with Crippen LogP contribution < -0.4 is 15.6 Å². The first kappa shape index (κ1) is 17.2. The normalized spacial score (nSPS) is 11.6. The maximum atomic E-state index is 11.8. The van der Waals surface area contributed by atoms with Gasteiger partial charge in [0.1, 0.15) is 18.3 Å². The molecule has 1 aromatic carbocycles. The molecule has 24 heavy (non-hydrogen) atoms. The fourth-order valence-electron chi connectivity index (χ4n) is 1.96. The monoisotopic (exact) mass is 331 g/mol. The molecular weight excluding hydrogens is 314 g/mol. The second-order valence-electron chi connectivity index (χ2n) is 5.07. The van der Waals surface area contributed by atoms with Crippen molar-refractivity contribution in [3.8, 4) is 17.0 Å². The van der Waals surface area contributed by atoms with Crippen molar-refractivity contribution >= 4 is 11.9 Å². The zero-order valence-corrected chi connectivity index (χ0v) is 13.2. The van der Waals surface area contributed by atoms with E-state index in [1.807, 2.05) is 0 Å². The van der Waals surface area contributed by atoms with Gasteiger partial charge in [-0.2, -0.15) is 5.10 Å². The fourth-order valence-corrected chi connectivity index (χ4v) is 1.96. The van der Waals surface area contributed by atoms with Crippen LogP contribution in [0.5, 0.6) is 5.75 Å². The molecule has 0 radical (unpaired) electrons. The number of carboxylic acids is 1. The molecule has 8 nitrogen and oxygen atoms in total. The number of nitrogens with zero attached hydrogens (tertiary/aromatic N) is 2. The van der Waals surface area contributed by atoms with E-state index in [2.05, 4.69) is 10.4 Å². The molecule has 0 bridgehead atoms. The van der Waals surface area contributed by atoms with E-state index in [0.29, 0.717) is 11.4 Å². The van der Waals surface area contributed by atoms with E-state index in [-0.39, 0.29) is 6.54 Å². The van der Waals surface area contributed by atoms with E-state index < -0.39 is 23.5 Å². The summed E-state index contributed by atoms with van der Waals surface area (Å²) in [5.41, 5.74) is 0.811. The van der Waals surface area contributed by atoms with E-state index >= 15 is 0 Å². The molecule has 0 unspecified atom stereocenters. The number of amides is 1. The highest BCUT2D eigenvalue weighted by atomic mass is 16.5. The Kier molecular flexibility index (Phi) is 5.31. The molecule has 1 heterocycles. The van der Waals surface area contributed by atoms with E-state index in [9.17, 15) is 14.4 Å². The lowest BCUT2D eigenvalue weighted by molar-refractivity contribution is -0.141. The van der Waals surface area contributed by atoms with E-state index in [4.69, 9.17) is 9.84 Å². The molecule has 8 heteroatoms. The van der Waals surface area contributed by atoms with Gasteiger partial charge in [0.15, 0.2) is 0 Å². The Hall–Kier alpha value is -3.16. The predicted octanol–water partition coefficient (Wildman–Crippen LogP) is 0.508. The first-order valence-electron chi connectivity index (χ1n) is 7.15. The van der Waals surface area contributed by atoms with Crippen molar-refractivity contribution in [3.05, 3.63) is 46.8 Å². The molecule has 2 N–H and O–H groups in total. The summed E-state index contributed by atoms with van der Waals surface area (Å²) in [6.07, 6.45) is 0. The Morgan fingerprint density at radius 1 is 1.25 bits per heavy atom. The average Bonchev–Trinajstić information content (AvgIpc) is 2.56. The molecule has 0 fully saturated rings. The molecule has 126 valence electrons. The van der Waals surface area contributed by atoms with Gasteiger partial charge in [0.05, 0.1) is 12.8 Å². The Bertz CT molecular complexity index is 798. The van der Waals surface area contributed by atoms with Crippen molar-refractivity contribution in [2.45, 2.75) is 19.5 Å². The largest absolute Gasteiger partial charge is 0.497 e. The minimum atomic E-state index is -1.16. The number of carbonyl (C=O) groups is 2. The van der Waals surface area contributed by atoms with Gasteiger partial charge in [0.25, 0.3) is 5.56 Å². The number of nitrogens with one attached hydrogen (secondary N) is 1. The SMILES string of the molecule is COc1ccc(-c2ccc(=O)n(CC(=O)N[C@@H](C)C(=O)O)n2)cc1. The highest BCUT2D eigenvalue weighted by molar-refractivity contribution is 5.83. The van der Waals surface area contributed by atoms with Gasteiger partial charge in [-0.3, -0.25) is 14.4 Å². The third kappa shape index (κ3) is 4.19. The first-order valence-corrected chi connectivity index (χ1v) is 7.15. The number of ether oxygens (including phenoxy) is 1. The summed E-state index contributed by atoms with van der Waals surface area (Å²) in [4.78, 5) is 34.4. The van der Waals surface area contributed by atoms with Crippen LogP contribution in [0.25, 0.3) is 11.3 Å². The first-order chi connectivity index (χ1) is 11.4. The minimum Gasteiger partial charge on any atom is -0.497 e. The molecular formula is C16H17N3O5. The molecule has 0 saturated heterocycles. The van der Waals surface area contributed by atoms with E-state index in [1.54, 1.807) is 37.4 Å². The second kappa shape index (κ2) is 7.40. The fraction of sp³-hybridized carbons (Fsp3) is 0.250. The van der Waals surface area contributed by atoms with Crippen molar-refractivity contribution in [1.29, 1.82) is 0 Å². The molecule has 1 amide bonds. The van der Waals surface area contributed by atoms with Crippen LogP contribution in [-0.4, -0.2) is 39.9 Å². The van der Waals surface area contributed by atoms with Crippen LogP contribution in [0.4, 0.5) is 0 Å². The molecule has 0 aliphatic carbocycles. The second-order valence-corrected chi connectivity index (χ2v) is 5.07. The van der Waals surface area contributed by atoms with Crippen LogP contribution in [0.15, 0.2) is 41.2 Å². The standard InChI is InChI=1S/C16H17N3O5/c1-10(16(22)23)17-14(20)9-19-15(21)8-7-13(18-19)11-3-5-12(24-2)6-4-11/h3-8,10H,9H2,1-2H3,(H,17,20)(H,22,23)/t10-/m0/s1. The molecule has 1 atom stereocenters. The Balaban J connectivity index is 2.20. The van der Waals surface area contributed by atoms with Crippen LogP contribution in [0.1, 0.15) is 6.92 Å². The van der Waals surface area contributed by atoms with Gasteiger partial charge in [-0.15, -0.1) is 0 Å². The summed E-state index contributed by atoms with van der Waals surface area (Å²) >= 11 is 0. The summed E-state index contributed by atoms with van der Waals surface area (Å²) in [5.74, 6) is -1.07. The summed E-state index contributed by atoms with van der Waals surface area (Å²) < 4.78 is 6.07. The van der Waals surface area contributed by atoms with Gasteiger partial charge in [-0.25, -0.2) is 4.68 Å². The van der Waals surface area contributed by atoms with Gasteiger partial charge in [-0.1, -0.05) is 0 Å². The Labute approximate surface area is 137 Å². The molecule has 0 aliphatic rings. The van der Waals surface area contributed by atoms with E-state index in [0.717, 1.165) is 10.2 Å². The lowest BCUT2D eigenvalue weighted by atomic mass is 10.1. The van der Waals surface area contributed by atoms with Gasteiger partial charge in [0, 0.05) is 11.6 Å². The van der Waals surface area contributed by atoms with Crippen LogP contribution >= 0.6 is 0 Å². The summed E-state index contributed by atoms with van der Waals surface area (Å²) in [7, 11) is 1.56. The quantitative estimate of drug-likeness (QED) is 0.798. The Morgan fingerprint density at radius 2 is 1.92 bits per heavy atom. The van der Waals surface area contributed by atoms with Crippen molar-refractivity contribution in [2.24, 2.45) is 0 Å². The molecule has 2 rings (SSSR count). The molecule has 2 aromatic rings. The summed E-state index contributed by atoms with van der Waals surface area (Å²) in [6.45, 7) is 0.977. The summed E-state index contributed by atoms with van der Waals surface area (Å²) in [6, 6.07) is 8.89. The van der Waals surface area contributed by atoms with Crippen LogP contribution in [0, 0.1) is 0 Å². The van der Waals surface area contributed by atoms with Crippen molar-refractivity contribution in [1.82, 2.24) is 15.1 Å². The lowest BCUT2D eigenvalue weighted by Gasteiger charge is -2.11. The Morgan fingerprint density at radius 3 is 2.50 bits per heavy atom.